The molecule has 0 aromatic carbocycles. The molecule has 1 fully saturated rings. The smallest absolute Gasteiger partial charge is 0.233 e. The number of nitrogens with zero attached hydrogens (tertiary/aromatic N) is 3. The van der Waals surface area contributed by atoms with Crippen LogP contribution in [0.5, 0.6) is 5.88 Å². The van der Waals surface area contributed by atoms with Crippen LogP contribution in [0.3, 0.4) is 0 Å². The van der Waals surface area contributed by atoms with Gasteiger partial charge in [0, 0.05) is 25.2 Å². The number of hydrogen-bond acceptors (Lipinski definition) is 5. The van der Waals surface area contributed by atoms with Gasteiger partial charge >= 0.3 is 0 Å². The van der Waals surface area contributed by atoms with Gasteiger partial charge in [0.25, 0.3) is 0 Å². The first-order chi connectivity index (χ1) is 7.29. The van der Waals surface area contributed by atoms with Gasteiger partial charge in [0.05, 0.1) is 7.11 Å². The molecule has 2 N–H and O–H groups in total. The Labute approximate surface area is 89.2 Å². The molecule has 0 saturated carbocycles. The van der Waals surface area contributed by atoms with E-state index in [1.807, 2.05) is 12.1 Å². The van der Waals surface area contributed by atoms with Gasteiger partial charge in [-0.1, -0.05) is 0 Å². The van der Waals surface area contributed by atoms with E-state index in [4.69, 9.17) is 10.5 Å². The molecule has 5 nitrogen and oxygen atoms in total. The van der Waals surface area contributed by atoms with E-state index in [1.54, 1.807) is 7.11 Å². The Morgan fingerprint density at radius 3 is 2.60 bits per heavy atom. The van der Waals surface area contributed by atoms with Crippen molar-refractivity contribution in [2.24, 2.45) is 5.73 Å². The molecule has 5 heteroatoms. The zero-order valence-electron chi connectivity index (χ0n) is 8.89. The Kier molecular flexibility index (Phi) is 3.01. The van der Waals surface area contributed by atoms with Gasteiger partial charge in [0.1, 0.15) is 0 Å². The summed E-state index contributed by atoms with van der Waals surface area (Å²) in [5.74, 6) is 1.45. The van der Waals surface area contributed by atoms with Crippen LogP contribution in [-0.4, -0.2) is 36.4 Å². The van der Waals surface area contributed by atoms with Crippen molar-refractivity contribution < 1.29 is 4.74 Å². The first-order valence-electron chi connectivity index (χ1n) is 5.18. The van der Waals surface area contributed by atoms with Gasteiger partial charge in [0.15, 0.2) is 5.82 Å². The molecule has 1 aromatic rings. The Balaban J connectivity index is 2.03. The highest BCUT2D eigenvalue weighted by molar-refractivity contribution is 5.38. The van der Waals surface area contributed by atoms with E-state index in [-0.39, 0.29) is 0 Å². The van der Waals surface area contributed by atoms with Crippen LogP contribution in [0.2, 0.25) is 0 Å². The van der Waals surface area contributed by atoms with Crippen LogP contribution in [-0.2, 0) is 0 Å². The van der Waals surface area contributed by atoms with Gasteiger partial charge in [-0.15, -0.1) is 10.2 Å². The van der Waals surface area contributed by atoms with Crippen molar-refractivity contribution in [3.8, 4) is 5.88 Å². The number of ether oxygens (including phenoxy) is 1. The topological polar surface area (TPSA) is 64.3 Å². The Hall–Kier alpha value is -1.36. The van der Waals surface area contributed by atoms with Crippen molar-refractivity contribution in [2.75, 3.05) is 25.1 Å². The molecule has 2 heterocycles. The van der Waals surface area contributed by atoms with Gasteiger partial charge in [-0.05, 0) is 18.9 Å². The summed E-state index contributed by atoms with van der Waals surface area (Å²) in [4.78, 5) is 2.20. The first kappa shape index (κ1) is 10.2. The predicted octanol–water partition coefficient (Wildman–Crippen LogP) is 0.413. The zero-order valence-corrected chi connectivity index (χ0v) is 8.89. The van der Waals surface area contributed by atoms with Crippen LogP contribution < -0.4 is 15.4 Å². The fraction of sp³-hybridized carbons (Fsp3) is 0.600. The van der Waals surface area contributed by atoms with E-state index in [9.17, 15) is 0 Å². The molecule has 0 aliphatic carbocycles. The lowest BCUT2D eigenvalue weighted by Gasteiger charge is -2.30. The average Bonchev–Trinajstić information content (AvgIpc) is 2.30. The highest BCUT2D eigenvalue weighted by Crippen LogP contribution is 2.17. The summed E-state index contributed by atoms with van der Waals surface area (Å²) in [6.45, 7) is 1.92. The number of aromatic nitrogens is 2. The van der Waals surface area contributed by atoms with E-state index >= 15 is 0 Å². The van der Waals surface area contributed by atoms with Crippen LogP contribution in [0, 0.1) is 0 Å². The number of hydrogen-bond donors (Lipinski definition) is 1. The summed E-state index contributed by atoms with van der Waals surface area (Å²) in [5, 5.41) is 8.05. The molecule has 0 unspecified atom stereocenters. The van der Waals surface area contributed by atoms with E-state index in [1.165, 1.54) is 0 Å². The van der Waals surface area contributed by atoms with Crippen LogP contribution >= 0.6 is 0 Å². The van der Waals surface area contributed by atoms with Gasteiger partial charge in [-0.2, -0.15) is 0 Å². The van der Waals surface area contributed by atoms with Crippen LogP contribution in [0.25, 0.3) is 0 Å². The molecule has 1 saturated heterocycles. The van der Waals surface area contributed by atoms with E-state index in [0.717, 1.165) is 31.7 Å². The lowest BCUT2D eigenvalue weighted by atomic mass is 10.1. The summed E-state index contributed by atoms with van der Waals surface area (Å²) in [6.07, 6.45) is 2.04. The van der Waals surface area contributed by atoms with Crippen molar-refractivity contribution in [3.63, 3.8) is 0 Å². The SMILES string of the molecule is COc1ccc(N2CCC(N)CC2)nn1. The van der Waals surface area contributed by atoms with Crippen molar-refractivity contribution in [2.45, 2.75) is 18.9 Å². The van der Waals surface area contributed by atoms with Crippen molar-refractivity contribution in [1.82, 2.24) is 10.2 Å². The second-order valence-electron chi connectivity index (χ2n) is 3.76. The minimum Gasteiger partial charge on any atom is -0.480 e. The molecule has 0 radical (unpaired) electrons. The third-order valence-electron chi connectivity index (χ3n) is 2.70. The number of piperidine rings is 1. The largest absolute Gasteiger partial charge is 0.480 e. The van der Waals surface area contributed by atoms with Crippen molar-refractivity contribution >= 4 is 5.82 Å². The highest BCUT2D eigenvalue weighted by atomic mass is 16.5. The average molecular weight is 208 g/mol. The molecular weight excluding hydrogens is 192 g/mol. The summed E-state index contributed by atoms with van der Waals surface area (Å²) < 4.78 is 4.96. The lowest BCUT2D eigenvalue weighted by Crippen LogP contribution is -2.40. The molecule has 1 aliphatic rings. The predicted molar refractivity (Wildman–Crippen MR) is 58.0 cm³/mol. The minimum absolute atomic E-state index is 0.340. The monoisotopic (exact) mass is 208 g/mol. The molecule has 1 aromatic heterocycles. The van der Waals surface area contributed by atoms with E-state index < -0.39 is 0 Å². The van der Waals surface area contributed by atoms with E-state index in [0.29, 0.717) is 11.9 Å². The summed E-state index contributed by atoms with van der Waals surface area (Å²) in [6, 6.07) is 4.10. The third kappa shape index (κ3) is 2.36. The molecule has 2 rings (SSSR count). The van der Waals surface area contributed by atoms with Crippen molar-refractivity contribution in [1.29, 1.82) is 0 Å². The summed E-state index contributed by atoms with van der Waals surface area (Å²) in [5.41, 5.74) is 5.84. The van der Waals surface area contributed by atoms with Crippen LogP contribution in [0.15, 0.2) is 12.1 Å². The van der Waals surface area contributed by atoms with Crippen LogP contribution in [0.1, 0.15) is 12.8 Å². The Bertz CT molecular complexity index is 306. The number of rotatable bonds is 2. The summed E-state index contributed by atoms with van der Waals surface area (Å²) in [7, 11) is 1.59. The molecule has 1 aliphatic heterocycles. The van der Waals surface area contributed by atoms with E-state index in [2.05, 4.69) is 15.1 Å². The fourth-order valence-corrected chi connectivity index (χ4v) is 1.72. The van der Waals surface area contributed by atoms with Gasteiger partial charge < -0.3 is 15.4 Å². The first-order valence-corrected chi connectivity index (χ1v) is 5.18. The maximum Gasteiger partial charge on any atom is 0.233 e. The van der Waals surface area contributed by atoms with Crippen LogP contribution in [0.4, 0.5) is 5.82 Å². The molecule has 0 spiro atoms. The number of anilines is 1. The maximum absolute atomic E-state index is 5.84. The number of nitrogens with two attached hydrogens (primary N) is 1. The number of methoxy groups -OCH3 is 1. The maximum atomic E-state index is 5.84. The Morgan fingerprint density at radius 1 is 1.33 bits per heavy atom. The fourth-order valence-electron chi connectivity index (χ4n) is 1.72. The minimum atomic E-state index is 0.340. The highest BCUT2D eigenvalue weighted by Gasteiger charge is 2.17. The zero-order chi connectivity index (χ0) is 10.7. The van der Waals surface area contributed by atoms with Gasteiger partial charge in [0.2, 0.25) is 5.88 Å². The van der Waals surface area contributed by atoms with Gasteiger partial charge in [-0.25, -0.2) is 0 Å². The molecule has 0 atom stereocenters. The molecule has 82 valence electrons. The second kappa shape index (κ2) is 4.44. The summed E-state index contributed by atoms with van der Waals surface area (Å²) >= 11 is 0. The molecule has 0 bridgehead atoms. The van der Waals surface area contributed by atoms with Gasteiger partial charge in [-0.3, -0.25) is 0 Å². The molecule has 0 amide bonds. The molecule has 15 heavy (non-hydrogen) atoms. The lowest BCUT2D eigenvalue weighted by molar-refractivity contribution is 0.391. The normalized spacial score (nSPS) is 17.9. The Morgan fingerprint density at radius 2 is 2.07 bits per heavy atom. The molecular formula is C10H16N4O. The standard InChI is InChI=1S/C10H16N4O/c1-15-10-3-2-9(12-13-10)14-6-4-8(11)5-7-14/h2-3,8H,4-7,11H2,1H3. The quantitative estimate of drug-likeness (QED) is 0.762. The van der Waals surface area contributed by atoms with Crippen molar-refractivity contribution in [3.05, 3.63) is 12.1 Å². The third-order valence-corrected chi connectivity index (χ3v) is 2.70. The second-order valence-corrected chi connectivity index (χ2v) is 3.76.